The van der Waals surface area contributed by atoms with Gasteiger partial charge in [-0.05, 0) is 73.9 Å². The highest BCUT2D eigenvalue weighted by Crippen LogP contribution is 2.34. The van der Waals surface area contributed by atoms with Crippen molar-refractivity contribution in [3.8, 4) is 5.75 Å². The highest BCUT2D eigenvalue weighted by molar-refractivity contribution is 5.93. The number of hydrogen-bond acceptors (Lipinski definition) is 3. The van der Waals surface area contributed by atoms with Crippen molar-refractivity contribution in [2.75, 3.05) is 25.1 Å². The Morgan fingerprint density at radius 2 is 1.70 bits per heavy atom. The summed E-state index contributed by atoms with van der Waals surface area (Å²) in [4.78, 5) is 7.42. The maximum atomic E-state index is 5.46. The monoisotopic (exact) mass is 439 g/mol. The van der Waals surface area contributed by atoms with E-state index in [1.165, 1.54) is 52.5 Å². The number of aryl methyl sites for hydroxylation is 1. The molecule has 0 amide bonds. The van der Waals surface area contributed by atoms with E-state index in [1.54, 1.807) is 7.11 Å². The third kappa shape index (κ3) is 4.35. The molecule has 0 radical (unpaired) electrons. The molecule has 1 aliphatic heterocycles. The molecule has 4 nitrogen and oxygen atoms in total. The number of anilines is 1. The largest absolute Gasteiger partial charge is 0.497 e. The van der Waals surface area contributed by atoms with Crippen LogP contribution in [0.4, 0.5) is 5.82 Å². The number of hydrogen-bond donors (Lipinski definition) is 0. The number of pyridine rings is 1. The van der Waals surface area contributed by atoms with Crippen LogP contribution >= 0.6 is 0 Å². The van der Waals surface area contributed by atoms with Crippen molar-refractivity contribution < 1.29 is 4.74 Å². The van der Waals surface area contributed by atoms with Gasteiger partial charge in [-0.15, -0.1) is 0 Å². The van der Waals surface area contributed by atoms with E-state index >= 15 is 0 Å². The van der Waals surface area contributed by atoms with Crippen LogP contribution in [0.15, 0.2) is 66.9 Å². The van der Waals surface area contributed by atoms with Gasteiger partial charge >= 0.3 is 0 Å². The number of fused-ring (bicyclic) bond motifs is 1. The van der Waals surface area contributed by atoms with Gasteiger partial charge in [-0.3, -0.25) is 0 Å². The van der Waals surface area contributed by atoms with Crippen LogP contribution in [0.5, 0.6) is 5.75 Å². The minimum absolute atomic E-state index is 0.745. The number of ether oxygens (including phenoxy) is 1. The van der Waals surface area contributed by atoms with E-state index < -0.39 is 0 Å². The second-order valence-corrected chi connectivity index (χ2v) is 9.30. The quantitative estimate of drug-likeness (QED) is 0.360. The van der Waals surface area contributed by atoms with Gasteiger partial charge in [0.05, 0.1) is 12.6 Å². The van der Waals surface area contributed by atoms with E-state index in [-0.39, 0.29) is 0 Å². The lowest BCUT2D eigenvalue weighted by molar-refractivity contribution is 0.402. The fourth-order valence-corrected chi connectivity index (χ4v) is 5.26. The van der Waals surface area contributed by atoms with Crippen LogP contribution in [-0.4, -0.2) is 29.8 Å². The molecule has 1 fully saturated rings. The predicted molar refractivity (Wildman–Crippen MR) is 136 cm³/mol. The van der Waals surface area contributed by atoms with Crippen molar-refractivity contribution in [1.82, 2.24) is 9.55 Å². The van der Waals surface area contributed by atoms with Gasteiger partial charge in [0.1, 0.15) is 5.75 Å². The summed E-state index contributed by atoms with van der Waals surface area (Å²) in [5.41, 5.74) is 6.61. The Bertz CT molecular complexity index is 1240. The van der Waals surface area contributed by atoms with E-state index in [1.807, 2.05) is 12.3 Å². The molecule has 170 valence electrons. The second kappa shape index (κ2) is 9.30. The predicted octanol–water partition coefficient (Wildman–Crippen LogP) is 6.17. The molecule has 33 heavy (non-hydrogen) atoms. The van der Waals surface area contributed by atoms with E-state index in [2.05, 4.69) is 77.9 Å². The first kappa shape index (κ1) is 21.6. The maximum absolute atomic E-state index is 5.46. The summed E-state index contributed by atoms with van der Waals surface area (Å²) in [7, 11) is 1.73. The van der Waals surface area contributed by atoms with E-state index in [0.29, 0.717) is 0 Å². The van der Waals surface area contributed by atoms with Crippen LogP contribution < -0.4 is 9.64 Å². The molecular weight excluding hydrogens is 406 g/mol. The summed E-state index contributed by atoms with van der Waals surface area (Å²) in [5.74, 6) is 2.77. The molecule has 5 rings (SSSR count). The topological polar surface area (TPSA) is 30.3 Å². The van der Waals surface area contributed by atoms with Gasteiger partial charge in [-0.25, -0.2) is 4.98 Å². The first-order valence-corrected chi connectivity index (χ1v) is 12.0. The molecule has 0 N–H and O–H groups in total. The van der Waals surface area contributed by atoms with Crippen LogP contribution in [0.2, 0.25) is 0 Å². The highest BCUT2D eigenvalue weighted by Gasteiger charge is 2.24. The van der Waals surface area contributed by atoms with Crippen LogP contribution in [0, 0.1) is 19.8 Å². The number of piperidine rings is 1. The Labute approximate surface area is 196 Å². The van der Waals surface area contributed by atoms with Gasteiger partial charge in [0.2, 0.25) is 0 Å². The van der Waals surface area contributed by atoms with Crippen LogP contribution in [0.1, 0.15) is 35.2 Å². The second-order valence-electron chi connectivity index (χ2n) is 9.30. The van der Waals surface area contributed by atoms with Crippen LogP contribution in [-0.2, 0) is 13.0 Å². The van der Waals surface area contributed by atoms with E-state index in [9.17, 15) is 0 Å². The Kier molecular flexibility index (Phi) is 6.08. The summed E-state index contributed by atoms with van der Waals surface area (Å²) < 4.78 is 7.90. The van der Waals surface area contributed by atoms with Gasteiger partial charge in [0.25, 0.3) is 0 Å². The summed E-state index contributed by atoms with van der Waals surface area (Å²) >= 11 is 0. The van der Waals surface area contributed by atoms with Crippen LogP contribution in [0.3, 0.4) is 0 Å². The zero-order valence-corrected chi connectivity index (χ0v) is 19.9. The molecule has 4 aromatic rings. The van der Waals surface area contributed by atoms with Gasteiger partial charge < -0.3 is 14.2 Å². The molecule has 0 unspecified atom stereocenters. The van der Waals surface area contributed by atoms with Crippen molar-refractivity contribution in [1.29, 1.82) is 0 Å². The molecule has 0 bridgehead atoms. The van der Waals surface area contributed by atoms with Gasteiger partial charge in [-0.2, -0.15) is 0 Å². The smallest absolute Gasteiger partial charge is 0.153 e. The van der Waals surface area contributed by atoms with Crippen molar-refractivity contribution in [3.63, 3.8) is 0 Å². The Hall–Kier alpha value is -3.27. The zero-order chi connectivity index (χ0) is 22.8. The SMILES string of the molecule is COc1cccc(Cn2c(C)c(C)c3ccnc(N4CCC(Cc5ccccc5)CC4)c32)c1. The minimum atomic E-state index is 0.745. The molecular formula is C29H33N3O. The molecule has 1 aliphatic rings. The summed E-state index contributed by atoms with van der Waals surface area (Å²) in [5, 5.41) is 1.31. The molecule has 0 spiro atoms. The molecule has 0 atom stereocenters. The Morgan fingerprint density at radius 3 is 2.45 bits per heavy atom. The highest BCUT2D eigenvalue weighted by atomic mass is 16.5. The lowest BCUT2D eigenvalue weighted by Crippen LogP contribution is -2.35. The fourth-order valence-electron chi connectivity index (χ4n) is 5.26. The Balaban J connectivity index is 1.42. The molecule has 0 saturated carbocycles. The number of methoxy groups -OCH3 is 1. The molecule has 3 heterocycles. The molecule has 4 heteroatoms. The first-order chi connectivity index (χ1) is 16.1. The van der Waals surface area contributed by atoms with Crippen molar-refractivity contribution >= 4 is 16.7 Å². The first-order valence-electron chi connectivity index (χ1n) is 12.0. The molecule has 2 aromatic heterocycles. The van der Waals surface area contributed by atoms with Gasteiger partial charge in [0, 0.05) is 36.9 Å². The number of rotatable bonds is 6. The lowest BCUT2D eigenvalue weighted by Gasteiger charge is -2.33. The van der Waals surface area contributed by atoms with E-state index in [4.69, 9.17) is 9.72 Å². The van der Waals surface area contributed by atoms with E-state index in [0.717, 1.165) is 37.1 Å². The maximum Gasteiger partial charge on any atom is 0.153 e. The molecule has 0 aliphatic carbocycles. The fraction of sp³-hybridized carbons (Fsp3) is 0.345. The average Bonchev–Trinajstić information content (AvgIpc) is 3.10. The minimum Gasteiger partial charge on any atom is -0.497 e. The zero-order valence-electron chi connectivity index (χ0n) is 19.9. The third-order valence-corrected chi connectivity index (χ3v) is 7.28. The van der Waals surface area contributed by atoms with Crippen molar-refractivity contribution in [3.05, 3.63) is 89.2 Å². The average molecular weight is 440 g/mol. The van der Waals surface area contributed by atoms with Crippen molar-refractivity contribution in [2.45, 2.75) is 39.7 Å². The van der Waals surface area contributed by atoms with Crippen LogP contribution in [0.25, 0.3) is 10.9 Å². The summed E-state index contributed by atoms with van der Waals surface area (Å²) in [6.07, 6.45) is 5.58. The normalized spacial score (nSPS) is 14.7. The Morgan fingerprint density at radius 1 is 0.939 bits per heavy atom. The number of aromatic nitrogens is 2. The number of benzene rings is 2. The molecule has 2 aromatic carbocycles. The van der Waals surface area contributed by atoms with Gasteiger partial charge in [0.15, 0.2) is 5.82 Å². The molecule has 1 saturated heterocycles. The van der Waals surface area contributed by atoms with Crippen molar-refractivity contribution in [2.24, 2.45) is 5.92 Å². The summed E-state index contributed by atoms with van der Waals surface area (Å²) in [6, 6.07) is 21.5. The summed E-state index contributed by atoms with van der Waals surface area (Å²) in [6.45, 7) is 7.40. The number of nitrogens with zero attached hydrogens (tertiary/aromatic N) is 3. The third-order valence-electron chi connectivity index (χ3n) is 7.28. The van der Waals surface area contributed by atoms with Gasteiger partial charge in [-0.1, -0.05) is 42.5 Å². The standard InChI is InChI=1S/C29H33N3O/c1-21-22(2)32(20-25-10-7-11-26(19-25)33-3)28-27(21)12-15-30-29(28)31-16-13-24(14-17-31)18-23-8-5-4-6-9-23/h4-12,15,19,24H,13-14,16-18,20H2,1-3H3. The lowest BCUT2D eigenvalue weighted by atomic mass is 9.90.